The average Bonchev–Trinajstić information content (AvgIpc) is 1.94. The summed E-state index contributed by atoms with van der Waals surface area (Å²) in [5.41, 5.74) is -0.301. The third-order valence-corrected chi connectivity index (χ3v) is 1.21. The molecule has 5 heteroatoms. The van der Waals surface area contributed by atoms with E-state index in [4.69, 9.17) is 15.3 Å². The standard InChI is InChI=1S/C7H6O4.Na.H/c8-4-1-2-6(9)5(3-4)7(10)11;;/h1-3,8-9H,(H,10,11);;. The zero-order chi connectivity index (χ0) is 8.43. The van der Waals surface area contributed by atoms with Gasteiger partial charge in [0.25, 0.3) is 0 Å². The van der Waals surface area contributed by atoms with E-state index in [1.807, 2.05) is 0 Å². The third-order valence-electron chi connectivity index (χ3n) is 1.21. The van der Waals surface area contributed by atoms with Gasteiger partial charge in [0, 0.05) is 0 Å². The molecule has 0 amide bonds. The topological polar surface area (TPSA) is 77.8 Å². The summed E-state index contributed by atoms with van der Waals surface area (Å²) in [5.74, 6) is -1.80. The molecule has 0 spiro atoms. The summed E-state index contributed by atoms with van der Waals surface area (Å²) in [6, 6.07) is 3.32. The molecule has 3 N–H and O–H groups in total. The summed E-state index contributed by atoms with van der Waals surface area (Å²) < 4.78 is 0. The van der Waals surface area contributed by atoms with Gasteiger partial charge in [-0.15, -0.1) is 0 Å². The van der Waals surface area contributed by atoms with E-state index in [-0.39, 0.29) is 46.6 Å². The number of carbonyl (C=O) groups is 1. The molecule has 0 atom stereocenters. The number of rotatable bonds is 1. The first-order chi connectivity index (χ1) is 5.11. The van der Waals surface area contributed by atoms with Crippen molar-refractivity contribution in [3.05, 3.63) is 23.8 Å². The molecule has 0 aliphatic carbocycles. The Morgan fingerprint density at radius 3 is 2.25 bits per heavy atom. The van der Waals surface area contributed by atoms with Crippen molar-refractivity contribution < 1.29 is 20.1 Å². The molecule has 1 aromatic rings. The molecule has 0 saturated carbocycles. The summed E-state index contributed by atoms with van der Waals surface area (Å²) >= 11 is 0. The van der Waals surface area contributed by atoms with Crippen LogP contribution in [0.2, 0.25) is 0 Å². The van der Waals surface area contributed by atoms with Crippen molar-refractivity contribution in [3.8, 4) is 11.5 Å². The van der Waals surface area contributed by atoms with Gasteiger partial charge < -0.3 is 15.3 Å². The number of aromatic carboxylic acids is 1. The molecule has 0 fully saturated rings. The minimum absolute atomic E-state index is 0. The number of aromatic hydroxyl groups is 2. The second-order valence-corrected chi connectivity index (χ2v) is 2.01. The van der Waals surface area contributed by atoms with Gasteiger partial charge >= 0.3 is 35.5 Å². The SMILES string of the molecule is O=C(O)c1cc(O)ccc1O.[NaH]. The first-order valence-electron chi connectivity index (χ1n) is 2.86. The van der Waals surface area contributed by atoms with Crippen molar-refractivity contribution in [3.63, 3.8) is 0 Å². The number of benzene rings is 1. The van der Waals surface area contributed by atoms with Gasteiger partial charge in [-0.05, 0) is 18.2 Å². The normalized spacial score (nSPS) is 8.67. The predicted molar refractivity (Wildman–Crippen MR) is 43.9 cm³/mol. The zero-order valence-electron chi connectivity index (χ0n) is 5.48. The number of hydrogen-bond acceptors (Lipinski definition) is 3. The van der Waals surface area contributed by atoms with Crippen LogP contribution in [0.5, 0.6) is 11.5 Å². The van der Waals surface area contributed by atoms with E-state index < -0.39 is 5.97 Å². The number of hydrogen-bond donors (Lipinski definition) is 3. The van der Waals surface area contributed by atoms with E-state index >= 15 is 0 Å². The van der Waals surface area contributed by atoms with Crippen LogP contribution in [-0.2, 0) is 0 Å². The summed E-state index contributed by atoms with van der Waals surface area (Å²) in [5, 5.41) is 26.1. The summed E-state index contributed by atoms with van der Waals surface area (Å²) in [6.07, 6.45) is 0. The second kappa shape index (κ2) is 4.35. The predicted octanol–water partition coefficient (Wildman–Crippen LogP) is 0.147. The van der Waals surface area contributed by atoms with E-state index in [0.717, 1.165) is 12.1 Å². The number of carboxylic acid groups (broad SMARTS) is 1. The molecule has 0 unspecified atom stereocenters. The van der Waals surface area contributed by atoms with E-state index in [9.17, 15) is 4.79 Å². The molecule has 0 bridgehead atoms. The van der Waals surface area contributed by atoms with Crippen molar-refractivity contribution in [2.45, 2.75) is 0 Å². The Morgan fingerprint density at radius 2 is 1.83 bits per heavy atom. The number of carboxylic acids is 1. The first-order valence-corrected chi connectivity index (χ1v) is 2.86. The van der Waals surface area contributed by atoms with Crippen LogP contribution in [0, 0.1) is 0 Å². The molecule has 0 aromatic heterocycles. The van der Waals surface area contributed by atoms with Gasteiger partial charge in [-0.1, -0.05) is 0 Å². The molecule has 12 heavy (non-hydrogen) atoms. The van der Waals surface area contributed by atoms with Crippen LogP contribution >= 0.6 is 0 Å². The molecule has 1 rings (SSSR count). The number of phenols is 2. The number of phenolic OH excluding ortho intramolecular Hbond substituents is 1. The van der Waals surface area contributed by atoms with Crippen LogP contribution in [0.15, 0.2) is 18.2 Å². The molecule has 4 nitrogen and oxygen atoms in total. The molecule has 0 aliphatic heterocycles. The van der Waals surface area contributed by atoms with Crippen LogP contribution in [0.4, 0.5) is 0 Å². The molecule has 0 saturated heterocycles. The Bertz CT molecular complexity index is 297. The van der Waals surface area contributed by atoms with Gasteiger partial charge in [-0.2, -0.15) is 0 Å². The van der Waals surface area contributed by atoms with Crippen LogP contribution in [0.3, 0.4) is 0 Å². The summed E-state index contributed by atoms with van der Waals surface area (Å²) in [7, 11) is 0. The quantitative estimate of drug-likeness (QED) is 0.422. The molecule has 60 valence electrons. The molecular formula is C7H7NaO4. The Morgan fingerprint density at radius 1 is 1.25 bits per heavy atom. The fraction of sp³-hybridized carbons (Fsp3) is 0. The molecular weight excluding hydrogens is 171 g/mol. The average molecular weight is 178 g/mol. The summed E-state index contributed by atoms with van der Waals surface area (Å²) in [6.45, 7) is 0. The Labute approximate surface area is 90.8 Å². The van der Waals surface area contributed by atoms with E-state index in [1.165, 1.54) is 6.07 Å². The monoisotopic (exact) mass is 178 g/mol. The Hall–Kier alpha value is -0.710. The fourth-order valence-corrected chi connectivity index (χ4v) is 0.695. The van der Waals surface area contributed by atoms with Crippen LogP contribution < -0.4 is 0 Å². The van der Waals surface area contributed by atoms with Crippen molar-refractivity contribution in [2.24, 2.45) is 0 Å². The molecule has 0 heterocycles. The maximum atomic E-state index is 10.3. The van der Waals surface area contributed by atoms with Crippen LogP contribution in [0.1, 0.15) is 10.4 Å². The minimum atomic E-state index is -1.27. The van der Waals surface area contributed by atoms with Gasteiger partial charge in [0.2, 0.25) is 0 Å². The van der Waals surface area contributed by atoms with Gasteiger partial charge in [-0.25, -0.2) is 4.79 Å². The van der Waals surface area contributed by atoms with Crippen LogP contribution in [0.25, 0.3) is 0 Å². The molecule has 0 aliphatic rings. The zero-order valence-corrected chi connectivity index (χ0v) is 5.48. The van der Waals surface area contributed by atoms with Gasteiger partial charge in [0.1, 0.15) is 17.1 Å². The van der Waals surface area contributed by atoms with Crippen molar-refractivity contribution in [1.82, 2.24) is 0 Å². The van der Waals surface area contributed by atoms with E-state index in [0.29, 0.717) is 0 Å². The summed E-state index contributed by atoms with van der Waals surface area (Å²) in [4.78, 5) is 10.3. The molecule has 1 aromatic carbocycles. The Kier molecular flexibility index (Phi) is 4.09. The van der Waals surface area contributed by atoms with Gasteiger partial charge in [0.05, 0.1) is 0 Å². The van der Waals surface area contributed by atoms with E-state index in [2.05, 4.69) is 0 Å². The van der Waals surface area contributed by atoms with Crippen molar-refractivity contribution >= 4 is 35.5 Å². The van der Waals surface area contributed by atoms with Crippen molar-refractivity contribution in [2.75, 3.05) is 0 Å². The van der Waals surface area contributed by atoms with E-state index in [1.54, 1.807) is 0 Å². The fourth-order valence-electron chi connectivity index (χ4n) is 0.695. The van der Waals surface area contributed by atoms with Gasteiger partial charge in [0.15, 0.2) is 0 Å². The van der Waals surface area contributed by atoms with Gasteiger partial charge in [-0.3, -0.25) is 0 Å². The molecule has 0 radical (unpaired) electrons. The first kappa shape index (κ1) is 11.3. The second-order valence-electron chi connectivity index (χ2n) is 2.01. The van der Waals surface area contributed by atoms with Crippen LogP contribution in [-0.4, -0.2) is 50.8 Å². The van der Waals surface area contributed by atoms with Crippen molar-refractivity contribution in [1.29, 1.82) is 0 Å². The Balaban J connectivity index is 0.00000121. The third kappa shape index (κ3) is 2.41. The maximum absolute atomic E-state index is 10.3.